The molecule has 1 nitrogen and oxygen atoms in total. The van der Waals surface area contributed by atoms with Gasteiger partial charge in [0.25, 0.3) is 0 Å². The third kappa shape index (κ3) is 4.40. The molecule has 2 N–H and O–H groups in total. The molecule has 0 aromatic heterocycles. The first-order valence-corrected chi connectivity index (χ1v) is 4.46. The summed E-state index contributed by atoms with van der Waals surface area (Å²) >= 11 is 0. The van der Waals surface area contributed by atoms with Crippen LogP contribution in [0.3, 0.4) is 0 Å². The zero-order chi connectivity index (χ0) is 10.6. The number of benzene rings is 1. The number of hydrogen-bond donors (Lipinski definition) is 1. The molecular weight excluding hydrogens is 220 g/mol. The molecular formula is C11H14ClF2N. The van der Waals surface area contributed by atoms with E-state index >= 15 is 0 Å². The van der Waals surface area contributed by atoms with Crippen LogP contribution in [0.5, 0.6) is 0 Å². The topological polar surface area (TPSA) is 26.0 Å². The highest BCUT2D eigenvalue weighted by Gasteiger charge is 2.07. The third-order valence-electron chi connectivity index (χ3n) is 1.99. The average molecular weight is 234 g/mol. The molecule has 1 atom stereocenters. The second-order valence-electron chi connectivity index (χ2n) is 3.18. The zero-order valence-electron chi connectivity index (χ0n) is 8.25. The van der Waals surface area contributed by atoms with Crippen molar-refractivity contribution in [1.29, 1.82) is 0 Å². The zero-order valence-corrected chi connectivity index (χ0v) is 9.07. The Hall–Kier alpha value is -0.930. The van der Waals surface area contributed by atoms with Gasteiger partial charge >= 0.3 is 0 Å². The molecule has 0 heterocycles. The Morgan fingerprint density at radius 3 is 2.27 bits per heavy atom. The fourth-order valence-electron chi connectivity index (χ4n) is 1.25. The molecule has 0 bridgehead atoms. The van der Waals surface area contributed by atoms with Crippen LogP contribution in [-0.4, -0.2) is 0 Å². The van der Waals surface area contributed by atoms with Crippen LogP contribution in [0, 0.1) is 11.6 Å². The van der Waals surface area contributed by atoms with Gasteiger partial charge in [-0.2, -0.15) is 0 Å². The Kier molecular flexibility index (Phi) is 6.13. The van der Waals surface area contributed by atoms with E-state index in [4.69, 9.17) is 5.73 Å². The van der Waals surface area contributed by atoms with Crippen LogP contribution in [0.2, 0.25) is 0 Å². The first-order valence-electron chi connectivity index (χ1n) is 4.46. The summed E-state index contributed by atoms with van der Waals surface area (Å²) in [5.41, 5.74) is 6.23. The van der Waals surface area contributed by atoms with Gasteiger partial charge in [0.2, 0.25) is 0 Å². The van der Waals surface area contributed by atoms with Crippen LogP contribution in [0.15, 0.2) is 30.9 Å². The van der Waals surface area contributed by atoms with E-state index < -0.39 is 11.6 Å². The Bertz CT molecular complexity index is 308. The molecule has 84 valence electrons. The fourth-order valence-corrected chi connectivity index (χ4v) is 1.25. The molecule has 0 radical (unpaired) electrons. The SMILES string of the molecule is C=CCC[C@@H](N)c1cc(F)cc(F)c1.Cl. The third-order valence-corrected chi connectivity index (χ3v) is 1.99. The van der Waals surface area contributed by atoms with Gasteiger partial charge in [0.05, 0.1) is 0 Å². The standard InChI is InChI=1S/C11H13F2N.ClH/c1-2-3-4-11(14)8-5-9(12)7-10(13)6-8;/h2,5-7,11H,1,3-4,14H2;1H/t11-;/m1./s1. The van der Waals surface area contributed by atoms with Gasteiger partial charge in [-0.3, -0.25) is 0 Å². The van der Waals surface area contributed by atoms with Gasteiger partial charge in [-0.25, -0.2) is 8.78 Å². The number of halogens is 3. The molecule has 0 aliphatic heterocycles. The Labute approximate surface area is 94.4 Å². The molecule has 0 saturated carbocycles. The van der Waals surface area contributed by atoms with Crippen molar-refractivity contribution >= 4 is 12.4 Å². The van der Waals surface area contributed by atoms with Gasteiger partial charge < -0.3 is 5.73 Å². The monoisotopic (exact) mass is 233 g/mol. The maximum atomic E-state index is 12.8. The number of nitrogens with two attached hydrogens (primary N) is 1. The average Bonchev–Trinajstić information content (AvgIpc) is 2.12. The van der Waals surface area contributed by atoms with E-state index in [1.807, 2.05) is 0 Å². The van der Waals surface area contributed by atoms with Gasteiger partial charge in [-0.15, -0.1) is 19.0 Å². The summed E-state index contributed by atoms with van der Waals surface area (Å²) in [5.74, 6) is -1.18. The highest BCUT2D eigenvalue weighted by Crippen LogP contribution is 2.18. The van der Waals surface area contributed by atoms with Crippen molar-refractivity contribution in [3.63, 3.8) is 0 Å². The lowest BCUT2D eigenvalue weighted by molar-refractivity contribution is 0.568. The van der Waals surface area contributed by atoms with Crippen LogP contribution in [0.1, 0.15) is 24.4 Å². The molecule has 1 aromatic rings. The normalized spacial score (nSPS) is 11.7. The molecule has 0 aliphatic carbocycles. The van der Waals surface area contributed by atoms with E-state index in [1.54, 1.807) is 6.08 Å². The first-order chi connectivity index (χ1) is 6.63. The number of rotatable bonds is 4. The van der Waals surface area contributed by atoms with E-state index in [-0.39, 0.29) is 18.4 Å². The molecule has 0 amide bonds. The first kappa shape index (κ1) is 14.1. The van der Waals surface area contributed by atoms with Crippen LogP contribution in [-0.2, 0) is 0 Å². The molecule has 15 heavy (non-hydrogen) atoms. The van der Waals surface area contributed by atoms with Gasteiger partial charge in [0.15, 0.2) is 0 Å². The van der Waals surface area contributed by atoms with Crippen molar-refractivity contribution in [3.8, 4) is 0 Å². The van der Waals surface area contributed by atoms with Crippen molar-refractivity contribution in [3.05, 3.63) is 48.1 Å². The van der Waals surface area contributed by atoms with Crippen molar-refractivity contribution < 1.29 is 8.78 Å². The minimum atomic E-state index is -0.589. The van der Waals surface area contributed by atoms with Crippen LogP contribution >= 0.6 is 12.4 Å². The molecule has 0 spiro atoms. The Morgan fingerprint density at radius 2 is 1.80 bits per heavy atom. The summed E-state index contributed by atoms with van der Waals surface area (Å²) < 4.78 is 25.6. The summed E-state index contributed by atoms with van der Waals surface area (Å²) in [5, 5.41) is 0. The number of hydrogen-bond acceptors (Lipinski definition) is 1. The lowest BCUT2D eigenvalue weighted by atomic mass is 10.0. The van der Waals surface area contributed by atoms with E-state index in [9.17, 15) is 8.78 Å². The molecule has 0 fully saturated rings. The lowest BCUT2D eigenvalue weighted by Crippen LogP contribution is -2.10. The highest BCUT2D eigenvalue weighted by molar-refractivity contribution is 5.85. The van der Waals surface area contributed by atoms with E-state index in [0.29, 0.717) is 12.0 Å². The predicted octanol–water partition coefficient (Wildman–Crippen LogP) is 3.35. The summed E-state index contributed by atoms with van der Waals surface area (Å²) in [6.45, 7) is 3.56. The summed E-state index contributed by atoms with van der Waals surface area (Å²) in [7, 11) is 0. The van der Waals surface area contributed by atoms with Gasteiger partial charge in [0, 0.05) is 12.1 Å². The van der Waals surface area contributed by atoms with Gasteiger partial charge in [0.1, 0.15) is 11.6 Å². The minimum absolute atomic E-state index is 0. The largest absolute Gasteiger partial charge is 0.324 e. The van der Waals surface area contributed by atoms with Crippen molar-refractivity contribution in [1.82, 2.24) is 0 Å². The van der Waals surface area contributed by atoms with Gasteiger partial charge in [-0.1, -0.05) is 6.08 Å². The molecule has 4 heteroatoms. The maximum Gasteiger partial charge on any atom is 0.126 e. The molecule has 0 saturated heterocycles. The minimum Gasteiger partial charge on any atom is -0.324 e. The summed E-state index contributed by atoms with van der Waals surface area (Å²) in [6, 6.07) is 3.02. The molecule has 1 rings (SSSR count). The predicted molar refractivity (Wildman–Crippen MR) is 60.0 cm³/mol. The van der Waals surface area contributed by atoms with Crippen molar-refractivity contribution in [2.75, 3.05) is 0 Å². The smallest absolute Gasteiger partial charge is 0.126 e. The Morgan fingerprint density at radius 1 is 1.27 bits per heavy atom. The second kappa shape index (κ2) is 6.53. The van der Waals surface area contributed by atoms with Crippen molar-refractivity contribution in [2.24, 2.45) is 5.73 Å². The summed E-state index contributed by atoms with van der Waals surface area (Å²) in [6.07, 6.45) is 3.11. The second-order valence-corrected chi connectivity index (χ2v) is 3.18. The Balaban J connectivity index is 0.00000196. The van der Waals surface area contributed by atoms with E-state index in [0.717, 1.165) is 12.5 Å². The van der Waals surface area contributed by atoms with Gasteiger partial charge in [-0.05, 0) is 30.5 Å². The molecule has 1 aromatic carbocycles. The summed E-state index contributed by atoms with van der Waals surface area (Å²) in [4.78, 5) is 0. The van der Waals surface area contributed by atoms with Crippen LogP contribution in [0.25, 0.3) is 0 Å². The quantitative estimate of drug-likeness (QED) is 0.793. The lowest BCUT2D eigenvalue weighted by Gasteiger charge is -2.10. The van der Waals surface area contributed by atoms with E-state index in [2.05, 4.69) is 6.58 Å². The molecule has 0 aliphatic rings. The van der Waals surface area contributed by atoms with Crippen LogP contribution in [0.4, 0.5) is 8.78 Å². The highest BCUT2D eigenvalue weighted by atomic mass is 35.5. The van der Waals surface area contributed by atoms with Crippen molar-refractivity contribution in [2.45, 2.75) is 18.9 Å². The fraction of sp³-hybridized carbons (Fsp3) is 0.273. The maximum absolute atomic E-state index is 12.8. The molecule has 0 unspecified atom stereocenters. The van der Waals surface area contributed by atoms with E-state index in [1.165, 1.54) is 12.1 Å². The van der Waals surface area contributed by atoms with Crippen LogP contribution < -0.4 is 5.73 Å². The number of allylic oxidation sites excluding steroid dienone is 1.